The van der Waals surface area contributed by atoms with Crippen LogP contribution in [0.25, 0.3) is 0 Å². The zero-order valence-corrected chi connectivity index (χ0v) is 14.7. The van der Waals surface area contributed by atoms with Gasteiger partial charge in [0.05, 0.1) is 17.0 Å². The predicted molar refractivity (Wildman–Crippen MR) is 91.3 cm³/mol. The number of benzene rings is 2. The Labute approximate surface area is 156 Å². The van der Waals surface area contributed by atoms with Crippen LogP contribution in [0.1, 0.15) is 23.6 Å². The molecule has 0 saturated heterocycles. The highest BCUT2D eigenvalue weighted by atomic mass is 35.5. The summed E-state index contributed by atoms with van der Waals surface area (Å²) in [6.07, 6.45) is -4.80. The Balaban J connectivity index is 2.05. The third-order valence-electron chi connectivity index (χ3n) is 3.99. The van der Waals surface area contributed by atoms with Gasteiger partial charge in [0.25, 0.3) is 0 Å². The minimum atomic E-state index is -4.46. The highest BCUT2D eigenvalue weighted by molar-refractivity contribution is 6.34. The van der Waals surface area contributed by atoms with E-state index in [0.717, 1.165) is 6.07 Å². The summed E-state index contributed by atoms with van der Waals surface area (Å²) in [5, 5.41) is 0.298. The summed E-state index contributed by atoms with van der Waals surface area (Å²) < 4.78 is 53.8. The Hall–Kier alpha value is -1.30. The quantitative estimate of drug-likeness (QED) is 0.478. The molecular weight excluding hydrogens is 401 g/mol. The van der Waals surface area contributed by atoms with Crippen LogP contribution in [0.4, 0.5) is 17.6 Å². The highest BCUT2D eigenvalue weighted by Gasteiger charge is 2.49. The molecule has 0 spiro atoms. The van der Waals surface area contributed by atoms with Crippen molar-refractivity contribution in [2.24, 2.45) is 10.9 Å². The fourth-order valence-electron chi connectivity index (χ4n) is 2.85. The van der Waals surface area contributed by atoms with E-state index in [-0.39, 0.29) is 32.8 Å². The summed E-state index contributed by atoms with van der Waals surface area (Å²) in [6, 6.07) is 6.84. The number of alkyl halides is 3. The second-order valence-corrected chi connectivity index (χ2v) is 6.98. The molecule has 3 rings (SSSR count). The maximum absolute atomic E-state index is 13.5. The van der Waals surface area contributed by atoms with Gasteiger partial charge in [0.15, 0.2) is 0 Å². The van der Waals surface area contributed by atoms with E-state index in [2.05, 4.69) is 4.99 Å². The van der Waals surface area contributed by atoms with Gasteiger partial charge in [0.2, 0.25) is 0 Å². The van der Waals surface area contributed by atoms with Crippen LogP contribution in [0.5, 0.6) is 0 Å². The van der Waals surface area contributed by atoms with E-state index in [9.17, 15) is 17.6 Å². The number of nitrogens with zero attached hydrogens (tertiary/aromatic N) is 1. The van der Waals surface area contributed by atoms with Crippen molar-refractivity contribution in [2.45, 2.75) is 18.6 Å². The first-order valence-corrected chi connectivity index (χ1v) is 8.33. The smallest absolute Gasteiger partial charge is 0.280 e. The summed E-state index contributed by atoms with van der Waals surface area (Å²) in [7, 11) is 0. The molecule has 0 radical (unpaired) electrons. The molecule has 2 aromatic carbocycles. The van der Waals surface area contributed by atoms with Gasteiger partial charge in [-0.15, -0.1) is 0 Å². The lowest BCUT2D eigenvalue weighted by molar-refractivity contribution is -0.176. The largest absolute Gasteiger partial charge is 0.394 e. The van der Waals surface area contributed by atoms with Gasteiger partial charge >= 0.3 is 6.18 Å². The van der Waals surface area contributed by atoms with E-state index < -0.39 is 24.0 Å². The predicted octanol–water partition coefficient (Wildman–Crippen LogP) is 6.90. The average molecular weight is 411 g/mol. The van der Waals surface area contributed by atoms with Crippen molar-refractivity contribution >= 4 is 40.5 Å². The molecule has 2 atom stereocenters. The Morgan fingerprint density at radius 1 is 0.960 bits per heavy atom. The first kappa shape index (κ1) is 18.5. The summed E-state index contributed by atoms with van der Waals surface area (Å²) in [5.41, 5.74) is 0.852. The van der Waals surface area contributed by atoms with Gasteiger partial charge in [-0.3, -0.25) is 4.99 Å². The van der Waals surface area contributed by atoms with Crippen molar-refractivity contribution in [2.75, 3.05) is 0 Å². The minimum Gasteiger partial charge on any atom is -0.280 e. The van der Waals surface area contributed by atoms with Crippen LogP contribution < -0.4 is 0 Å². The van der Waals surface area contributed by atoms with Crippen LogP contribution >= 0.6 is 34.8 Å². The van der Waals surface area contributed by atoms with Crippen molar-refractivity contribution in [3.8, 4) is 0 Å². The number of hydrogen-bond donors (Lipinski definition) is 0. The van der Waals surface area contributed by atoms with E-state index in [1.807, 2.05) is 0 Å². The fourth-order valence-corrected chi connectivity index (χ4v) is 3.57. The lowest BCUT2D eigenvalue weighted by Gasteiger charge is -2.21. The van der Waals surface area contributed by atoms with Crippen LogP contribution in [-0.4, -0.2) is 11.9 Å². The van der Waals surface area contributed by atoms with E-state index in [1.165, 1.54) is 30.3 Å². The molecule has 0 fully saturated rings. The third kappa shape index (κ3) is 3.94. The van der Waals surface area contributed by atoms with E-state index >= 15 is 0 Å². The van der Waals surface area contributed by atoms with Gasteiger partial charge in [0, 0.05) is 22.2 Å². The second kappa shape index (κ2) is 6.78. The maximum atomic E-state index is 13.5. The molecular formula is C17H10Cl3F4N. The lowest BCUT2D eigenvalue weighted by Crippen LogP contribution is -2.26. The molecule has 0 aromatic heterocycles. The average Bonchev–Trinajstić information content (AvgIpc) is 2.94. The molecule has 0 aliphatic carbocycles. The lowest BCUT2D eigenvalue weighted by atomic mass is 9.91. The number of halogens is 7. The maximum Gasteiger partial charge on any atom is 0.394 e. The van der Waals surface area contributed by atoms with Gasteiger partial charge in [-0.05, 0) is 41.5 Å². The summed E-state index contributed by atoms with van der Waals surface area (Å²) in [4.78, 5) is 4.23. The topological polar surface area (TPSA) is 12.4 Å². The highest BCUT2D eigenvalue weighted by Crippen LogP contribution is 2.46. The van der Waals surface area contributed by atoms with Crippen LogP contribution in [0, 0.1) is 11.7 Å². The normalized spacial score (nSPS) is 20.7. The van der Waals surface area contributed by atoms with Gasteiger partial charge in [-0.2, -0.15) is 13.2 Å². The summed E-state index contributed by atoms with van der Waals surface area (Å²) in [5.74, 6) is -2.37. The first-order valence-electron chi connectivity index (χ1n) is 7.20. The SMILES string of the molecule is Fc1ccc(C2=NC(c3cc(Cl)cc(Cl)c3)C(C(F)(F)F)C2)cc1Cl. The second-order valence-electron chi connectivity index (χ2n) is 5.70. The standard InChI is InChI=1S/C17H10Cl3F4N/c18-10-3-9(4-11(19)6-10)16-12(17(22,23)24)7-15(25-16)8-1-2-14(21)13(20)5-8/h1-6,12,16H,7H2. The monoisotopic (exact) mass is 409 g/mol. The van der Waals surface area contributed by atoms with Crippen molar-refractivity contribution in [1.29, 1.82) is 0 Å². The van der Waals surface area contributed by atoms with Gasteiger partial charge < -0.3 is 0 Å². The van der Waals surface area contributed by atoms with Crippen molar-refractivity contribution in [1.82, 2.24) is 0 Å². The molecule has 0 amide bonds. The molecule has 0 bridgehead atoms. The molecule has 2 unspecified atom stereocenters. The molecule has 25 heavy (non-hydrogen) atoms. The zero-order valence-electron chi connectivity index (χ0n) is 12.4. The van der Waals surface area contributed by atoms with Crippen LogP contribution in [-0.2, 0) is 0 Å². The molecule has 2 aromatic rings. The molecule has 0 saturated carbocycles. The van der Waals surface area contributed by atoms with Gasteiger partial charge in [0.1, 0.15) is 5.82 Å². The summed E-state index contributed by atoms with van der Waals surface area (Å²) in [6.45, 7) is 0. The third-order valence-corrected chi connectivity index (χ3v) is 4.72. The number of hydrogen-bond acceptors (Lipinski definition) is 1. The van der Waals surface area contributed by atoms with E-state index in [1.54, 1.807) is 0 Å². The number of rotatable bonds is 2. The molecule has 8 heteroatoms. The Morgan fingerprint density at radius 2 is 1.60 bits per heavy atom. The molecule has 1 aliphatic heterocycles. The molecule has 1 aliphatic rings. The van der Waals surface area contributed by atoms with Crippen molar-refractivity contribution in [3.05, 3.63) is 68.4 Å². The number of aliphatic imine (C=N–C) groups is 1. The fraction of sp³-hybridized carbons (Fsp3) is 0.235. The van der Waals surface area contributed by atoms with Crippen molar-refractivity contribution < 1.29 is 17.6 Å². The van der Waals surface area contributed by atoms with Crippen LogP contribution in [0.15, 0.2) is 41.4 Å². The van der Waals surface area contributed by atoms with E-state index in [0.29, 0.717) is 5.56 Å². The Kier molecular flexibility index (Phi) is 5.02. The zero-order chi connectivity index (χ0) is 18.4. The summed E-state index contributed by atoms with van der Waals surface area (Å²) >= 11 is 17.5. The first-order chi connectivity index (χ1) is 11.6. The molecule has 0 N–H and O–H groups in total. The van der Waals surface area contributed by atoms with Crippen molar-refractivity contribution in [3.63, 3.8) is 0 Å². The van der Waals surface area contributed by atoms with E-state index in [4.69, 9.17) is 34.8 Å². The van der Waals surface area contributed by atoms with Crippen LogP contribution in [0.3, 0.4) is 0 Å². The van der Waals surface area contributed by atoms with Gasteiger partial charge in [-0.25, -0.2) is 4.39 Å². The molecule has 1 nitrogen and oxygen atoms in total. The minimum absolute atomic E-state index is 0.169. The van der Waals surface area contributed by atoms with Gasteiger partial charge in [-0.1, -0.05) is 40.9 Å². The molecule has 1 heterocycles. The molecule has 132 valence electrons. The van der Waals surface area contributed by atoms with Crippen LogP contribution in [0.2, 0.25) is 15.1 Å². The Morgan fingerprint density at radius 3 is 2.16 bits per heavy atom. The Bertz CT molecular complexity index is 828.